The fraction of sp³-hybridized carbons (Fsp3) is 0.182. The van der Waals surface area contributed by atoms with Crippen molar-refractivity contribution in [2.75, 3.05) is 0 Å². The summed E-state index contributed by atoms with van der Waals surface area (Å²) in [6.45, 7) is 2.55. The molecule has 4 aliphatic rings. The lowest BCUT2D eigenvalue weighted by Crippen LogP contribution is -2.41. The number of rotatable bonds is 5. The van der Waals surface area contributed by atoms with Gasteiger partial charge in [0.15, 0.2) is 0 Å². The third-order valence-corrected chi connectivity index (χ3v) is 8.15. The van der Waals surface area contributed by atoms with Gasteiger partial charge >= 0.3 is 0 Å². The zero-order valence-corrected chi connectivity index (χ0v) is 21.0. The highest BCUT2D eigenvalue weighted by Gasteiger charge is 2.61. The number of carbonyl (C=O) groups excluding carboxylic acids is 2. The summed E-state index contributed by atoms with van der Waals surface area (Å²) in [5.41, 5.74) is 7.74. The van der Waals surface area contributed by atoms with E-state index < -0.39 is 11.8 Å². The van der Waals surface area contributed by atoms with Crippen molar-refractivity contribution < 1.29 is 14.3 Å². The van der Waals surface area contributed by atoms with Crippen LogP contribution >= 0.6 is 0 Å². The maximum atomic E-state index is 13.6. The molecule has 3 aliphatic carbocycles. The normalized spacial score (nSPS) is 22.9. The molecule has 0 aromatic heterocycles. The molecule has 0 spiro atoms. The van der Waals surface area contributed by atoms with Gasteiger partial charge in [0.05, 0.1) is 18.1 Å². The lowest BCUT2D eigenvalue weighted by atomic mass is 9.55. The monoisotopic (exact) mass is 498 g/mol. The van der Waals surface area contributed by atoms with Crippen molar-refractivity contribution >= 4 is 18.0 Å². The molecule has 0 saturated carbocycles. The van der Waals surface area contributed by atoms with Gasteiger partial charge in [-0.25, -0.2) is 0 Å². The minimum absolute atomic E-state index is 0.126. The van der Waals surface area contributed by atoms with Crippen LogP contribution < -0.4 is 4.74 Å². The summed E-state index contributed by atoms with van der Waals surface area (Å²) in [5, 5.41) is 5.51. The quantitative estimate of drug-likeness (QED) is 0.258. The third-order valence-electron chi connectivity index (χ3n) is 8.15. The maximum absolute atomic E-state index is 13.6. The van der Waals surface area contributed by atoms with E-state index >= 15 is 0 Å². The molecule has 1 fully saturated rings. The van der Waals surface area contributed by atoms with Crippen LogP contribution in [-0.4, -0.2) is 23.0 Å². The lowest BCUT2D eigenvalue weighted by Gasteiger charge is -2.45. The summed E-state index contributed by atoms with van der Waals surface area (Å²) >= 11 is 0. The topological polar surface area (TPSA) is 59.0 Å². The number of ether oxygens (including phenoxy) is 1. The van der Waals surface area contributed by atoms with Crippen LogP contribution in [0.15, 0.2) is 102 Å². The molecule has 2 amide bonds. The van der Waals surface area contributed by atoms with Gasteiger partial charge in [-0.1, -0.05) is 78.4 Å². The highest BCUT2D eigenvalue weighted by Crippen LogP contribution is 2.60. The number of benzene rings is 4. The van der Waals surface area contributed by atoms with Crippen molar-refractivity contribution in [2.45, 2.75) is 25.4 Å². The standard InChI is InChI=1S/C33H26N2O3/c1-20-10-12-22(13-11-20)19-38-23-16-14-21(15-17-23)18-34-35-32(36)30-28-24-6-2-3-7-25(24)29(31(30)33(35)37)27-9-5-4-8-26(27)28/h2-18,28-31H,19H2,1H3/b34-18-/t28?,29?,30-,31+. The van der Waals surface area contributed by atoms with Crippen LogP contribution in [0.1, 0.15) is 50.8 Å². The molecule has 186 valence electrons. The number of nitrogens with zero attached hydrogens (tertiary/aromatic N) is 2. The van der Waals surface area contributed by atoms with Crippen LogP contribution in [0.3, 0.4) is 0 Å². The largest absolute Gasteiger partial charge is 0.489 e. The van der Waals surface area contributed by atoms with Gasteiger partial charge in [-0.3, -0.25) is 9.59 Å². The first-order valence-electron chi connectivity index (χ1n) is 13.0. The Morgan fingerprint density at radius 3 is 1.71 bits per heavy atom. The predicted octanol–water partition coefficient (Wildman–Crippen LogP) is 5.80. The van der Waals surface area contributed by atoms with E-state index in [9.17, 15) is 9.59 Å². The van der Waals surface area contributed by atoms with Crippen LogP contribution in [0.4, 0.5) is 0 Å². The van der Waals surface area contributed by atoms with E-state index in [-0.39, 0.29) is 23.7 Å². The number of aryl methyl sites for hydroxylation is 1. The number of hydrazone groups is 1. The van der Waals surface area contributed by atoms with Gasteiger partial charge in [0.25, 0.3) is 11.8 Å². The Balaban J connectivity index is 1.12. The van der Waals surface area contributed by atoms with E-state index in [0.29, 0.717) is 6.61 Å². The van der Waals surface area contributed by atoms with Gasteiger partial charge in [0, 0.05) is 11.8 Å². The smallest absolute Gasteiger partial charge is 0.254 e. The van der Waals surface area contributed by atoms with E-state index in [1.165, 1.54) is 5.56 Å². The molecule has 8 rings (SSSR count). The third kappa shape index (κ3) is 3.50. The number of amides is 2. The number of imide groups is 1. The van der Waals surface area contributed by atoms with E-state index in [1.807, 2.05) is 48.5 Å². The minimum atomic E-state index is -0.424. The Kier molecular flexibility index (Phi) is 5.25. The summed E-state index contributed by atoms with van der Waals surface area (Å²) in [5.74, 6) is -0.784. The fourth-order valence-corrected chi connectivity index (χ4v) is 6.40. The van der Waals surface area contributed by atoms with Crippen LogP contribution in [0.25, 0.3) is 0 Å². The fourth-order valence-electron chi connectivity index (χ4n) is 6.40. The zero-order chi connectivity index (χ0) is 25.8. The molecule has 38 heavy (non-hydrogen) atoms. The Morgan fingerprint density at radius 1 is 0.711 bits per heavy atom. The van der Waals surface area contributed by atoms with Crippen molar-refractivity contribution in [1.29, 1.82) is 0 Å². The van der Waals surface area contributed by atoms with Gasteiger partial charge in [-0.15, -0.1) is 0 Å². The first-order valence-corrected chi connectivity index (χ1v) is 13.0. The first-order chi connectivity index (χ1) is 18.6. The SMILES string of the molecule is Cc1ccc(COc2ccc(/C=N\N3C(=O)[C@@H]4C5c6ccccc6C(c6ccccc65)[C@@H]4C3=O)cc2)cc1. The first kappa shape index (κ1) is 22.7. The molecule has 0 unspecified atom stereocenters. The Morgan fingerprint density at radius 2 is 1.21 bits per heavy atom. The molecule has 2 atom stereocenters. The van der Waals surface area contributed by atoms with E-state index in [0.717, 1.165) is 44.1 Å². The molecule has 1 aliphatic heterocycles. The van der Waals surface area contributed by atoms with Gasteiger partial charge in [-0.05, 0) is 64.6 Å². The van der Waals surface area contributed by atoms with Crippen molar-refractivity contribution in [3.05, 3.63) is 136 Å². The van der Waals surface area contributed by atoms with Gasteiger partial charge < -0.3 is 4.74 Å². The summed E-state index contributed by atoms with van der Waals surface area (Å²) < 4.78 is 5.89. The van der Waals surface area contributed by atoms with Crippen molar-refractivity contribution in [1.82, 2.24) is 5.01 Å². The second kappa shape index (κ2) is 8.80. The molecule has 1 saturated heterocycles. The Labute approximate surface area is 221 Å². The van der Waals surface area contributed by atoms with E-state index in [1.54, 1.807) is 6.21 Å². The second-order valence-electron chi connectivity index (χ2n) is 10.3. The Hall–Kier alpha value is -4.51. The van der Waals surface area contributed by atoms with Crippen LogP contribution in [0, 0.1) is 18.8 Å². The van der Waals surface area contributed by atoms with Crippen LogP contribution in [-0.2, 0) is 16.2 Å². The van der Waals surface area contributed by atoms with Crippen molar-refractivity contribution in [3.63, 3.8) is 0 Å². The maximum Gasteiger partial charge on any atom is 0.254 e. The highest BCUT2D eigenvalue weighted by molar-refractivity contribution is 6.08. The van der Waals surface area contributed by atoms with Crippen molar-refractivity contribution in [2.24, 2.45) is 16.9 Å². The summed E-state index contributed by atoms with van der Waals surface area (Å²) in [4.78, 5) is 27.3. The van der Waals surface area contributed by atoms with Gasteiger partial charge in [0.1, 0.15) is 12.4 Å². The molecule has 0 radical (unpaired) electrons. The number of carbonyl (C=O) groups is 2. The molecule has 0 N–H and O–H groups in total. The molecule has 5 nitrogen and oxygen atoms in total. The minimum Gasteiger partial charge on any atom is -0.489 e. The van der Waals surface area contributed by atoms with Gasteiger partial charge in [0.2, 0.25) is 0 Å². The van der Waals surface area contributed by atoms with Crippen LogP contribution in [0.5, 0.6) is 5.75 Å². The van der Waals surface area contributed by atoms with Crippen molar-refractivity contribution in [3.8, 4) is 5.75 Å². The summed E-state index contributed by atoms with van der Waals surface area (Å²) in [7, 11) is 0. The Bertz CT molecular complexity index is 1470. The van der Waals surface area contributed by atoms with Gasteiger partial charge in [-0.2, -0.15) is 10.1 Å². The molecular weight excluding hydrogens is 472 g/mol. The number of hydrogen-bond donors (Lipinski definition) is 0. The zero-order valence-electron chi connectivity index (χ0n) is 21.0. The van der Waals surface area contributed by atoms with E-state index in [4.69, 9.17) is 4.74 Å². The lowest BCUT2D eigenvalue weighted by molar-refractivity contribution is -0.139. The molecular formula is C33H26N2O3. The molecule has 2 bridgehead atoms. The second-order valence-corrected chi connectivity index (χ2v) is 10.3. The summed E-state index contributed by atoms with van der Waals surface area (Å²) in [6.07, 6.45) is 1.58. The average Bonchev–Trinajstić information content (AvgIpc) is 3.21. The summed E-state index contributed by atoms with van der Waals surface area (Å²) in [6, 6.07) is 32.2. The van der Waals surface area contributed by atoms with Crippen LogP contribution in [0.2, 0.25) is 0 Å². The van der Waals surface area contributed by atoms with E-state index in [2.05, 4.69) is 60.6 Å². The molecule has 1 heterocycles. The number of hydrogen-bond acceptors (Lipinski definition) is 4. The average molecular weight is 499 g/mol. The predicted molar refractivity (Wildman–Crippen MR) is 145 cm³/mol. The molecule has 4 aromatic carbocycles. The molecule has 4 aromatic rings. The molecule has 5 heteroatoms. The highest BCUT2D eigenvalue weighted by atomic mass is 16.5.